The lowest BCUT2D eigenvalue weighted by Gasteiger charge is -2.13. The molecule has 0 saturated heterocycles. The third-order valence-electron chi connectivity index (χ3n) is 3.07. The van der Waals surface area contributed by atoms with Crippen molar-refractivity contribution in [2.24, 2.45) is 0 Å². The highest BCUT2D eigenvalue weighted by Gasteiger charge is 2.19. The van der Waals surface area contributed by atoms with Gasteiger partial charge in [-0.25, -0.2) is 9.97 Å². The van der Waals surface area contributed by atoms with E-state index in [1.165, 1.54) is 11.8 Å². The summed E-state index contributed by atoms with van der Waals surface area (Å²) in [6.07, 6.45) is 0. The zero-order valence-electron chi connectivity index (χ0n) is 13.2. The predicted octanol–water partition coefficient (Wildman–Crippen LogP) is 4.39. The number of hydrogen-bond donors (Lipinski definition) is 1. The number of thioether (sulfide) groups is 1. The summed E-state index contributed by atoms with van der Waals surface area (Å²) in [6.45, 7) is 5.23. The Bertz CT molecular complexity index is 815. The van der Waals surface area contributed by atoms with Gasteiger partial charge in [-0.15, -0.1) is 0 Å². The predicted molar refractivity (Wildman–Crippen MR) is 96.6 cm³/mol. The molecule has 1 aromatic heterocycles. The molecule has 24 heavy (non-hydrogen) atoms. The zero-order chi connectivity index (χ0) is 17.9. The number of nitrogens with zero attached hydrogens (tertiary/aromatic N) is 3. The molecule has 1 N–H and O–H groups in total. The summed E-state index contributed by atoms with van der Waals surface area (Å²) in [5, 5.41) is 12.9. The van der Waals surface area contributed by atoms with Crippen LogP contribution in [0.3, 0.4) is 0 Å². The number of hydrogen-bond acceptors (Lipinski definition) is 5. The fourth-order valence-electron chi connectivity index (χ4n) is 1.99. The third-order valence-corrected chi connectivity index (χ3v) is 4.59. The summed E-state index contributed by atoms with van der Waals surface area (Å²) in [6, 6.07) is 6.90. The van der Waals surface area contributed by atoms with Crippen LogP contribution in [-0.4, -0.2) is 21.1 Å². The van der Waals surface area contributed by atoms with E-state index in [9.17, 15) is 10.1 Å². The molecule has 0 fully saturated rings. The molecule has 2 aromatic rings. The van der Waals surface area contributed by atoms with Crippen LogP contribution in [0.5, 0.6) is 0 Å². The van der Waals surface area contributed by atoms with Crippen molar-refractivity contribution in [3.8, 4) is 6.07 Å². The molecule has 8 heteroatoms. The number of carbonyl (C=O) groups excluding carboxylic acids is 1. The van der Waals surface area contributed by atoms with Crippen LogP contribution in [0, 0.1) is 25.2 Å². The maximum Gasteiger partial charge on any atom is 0.237 e. The number of carbonyl (C=O) groups is 1. The Labute approximate surface area is 154 Å². The van der Waals surface area contributed by atoms with E-state index in [1.54, 1.807) is 39.0 Å². The van der Waals surface area contributed by atoms with Crippen molar-refractivity contribution in [1.82, 2.24) is 9.97 Å². The largest absolute Gasteiger partial charge is 0.325 e. The van der Waals surface area contributed by atoms with Gasteiger partial charge in [-0.05, 0) is 39.0 Å². The van der Waals surface area contributed by atoms with E-state index in [2.05, 4.69) is 21.4 Å². The first kappa shape index (κ1) is 18.5. The van der Waals surface area contributed by atoms with Crippen molar-refractivity contribution in [3.05, 3.63) is 45.3 Å². The first-order valence-corrected chi connectivity index (χ1v) is 8.62. The highest BCUT2D eigenvalue weighted by Crippen LogP contribution is 2.28. The summed E-state index contributed by atoms with van der Waals surface area (Å²) >= 11 is 13.1. The summed E-state index contributed by atoms with van der Waals surface area (Å²) < 4.78 is 0. The molecule has 1 atom stereocenters. The zero-order valence-corrected chi connectivity index (χ0v) is 15.6. The Morgan fingerprint density at radius 1 is 1.25 bits per heavy atom. The van der Waals surface area contributed by atoms with Gasteiger partial charge in [-0.2, -0.15) is 5.26 Å². The Hall–Kier alpha value is -1.81. The van der Waals surface area contributed by atoms with Gasteiger partial charge in [0.25, 0.3) is 0 Å². The van der Waals surface area contributed by atoms with Gasteiger partial charge in [0.05, 0.1) is 10.9 Å². The molecule has 0 aliphatic heterocycles. The van der Waals surface area contributed by atoms with Crippen molar-refractivity contribution in [1.29, 1.82) is 5.26 Å². The quantitative estimate of drug-likeness (QED) is 0.628. The third kappa shape index (κ3) is 4.60. The maximum atomic E-state index is 12.4. The molecule has 1 unspecified atom stereocenters. The molecule has 0 saturated carbocycles. The van der Waals surface area contributed by atoms with E-state index in [-0.39, 0.29) is 5.91 Å². The molecule has 1 amide bonds. The minimum Gasteiger partial charge on any atom is -0.325 e. The van der Waals surface area contributed by atoms with Crippen molar-refractivity contribution in [2.75, 3.05) is 5.32 Å². The van der Waals surface area contributed by atoms with E-state index in [0.29, 0.717) is 37.8 Å². The van der Waals surface area contributed by atoms with E-state index in [1.807, 2.05) is 0 Å². The average molecular weight is 381 g/mol. The van der Waals surface area contributed by atoms with Crippen LogP contribution in [0.4, 0.5) is 5.69 Å². The number of nitrogens with one attached hydrogen (secondary N) is 1. The smallest absolute Gasteiger partial charge is 0.237 e. The first-order valence-electron chi connectivity index (χ1n) is 6.99. The van der Waals surface area contributed by atoms with Crippen LogP contribution in [0.25, 0.3) is 0 Å². The van der Waals surface area contributed by atoms with Crippen molar-refractivity contribution in [2.45, 2.75) is 31.0 Å². The van der Waals surface area contributed by atoms with Crippen molar-refractivity contribution in [3.63, 3.8) is 0 Å². The molecular formula is C16H14Cl2N4OS. The number of halogens is 2. The molecule has 0 bridgehead atoms. The van der Waals surface area contributed by atoms with Gasteiger partial charge in [0.15, 0.2) is 0 Å². The molecule has 2 rings (SSSR count). The average Bonchev–Trinajstić information content (AvgIpc) is 2.45. The number of aromatic nitrogens is 2. The lowest BCUT2D eigenvalue weighted by molar-refractivity contribution is -0.115. The van der Waals surface area contributed by atoms with E-state index in [0.717, 1.165) is 0 Å². The van der Waals surface area contributed by atoms with Crippen LogP contribution < -0.4 is 5.32 Å². The van der Waals surface area contributed by atoms with Gasteiger partial charge in [-0.1, -0.05) is 35.0 Å². The molecule has 5 nitrogen and oxygen atoms in total. The molecule has 0 aliphatic rings. The van der Waals surface area contributed by atoms with E-state index in [4.69, 9.17) is 23.2 Å². The summed E-state index contributed by atoms with van der Waals surface area (Å²) in [7, 11) is 0. The van der Waals surface area contributed by atoms with Gasteiger partial charge in [0.1, 0.15) is 22.5 Å². The van der Waals surface area contributed by atoms with Crippen LogP contribution in [0.2, 0.25) is 10.0 Å². The van der Waals surface area contributed by atoms with Crippen LogP contribution >= 0.6 is 35.0 Å². The van der Waals surface area contributed by atoms with Crippen molar-refractivity contribution >= 4 is 46.6 Å². The second-order valence-corrected chi connectivity index (χ2v) is 7.26. The van der Waals surface area contributed by atoms with Gasteiger partial charge in [-0.3, -0.25) is 4.79 Å². The highest BCUT2D eigenvalue weighted by molar-refractivity contribution is 8.00. The van der Waals surface area contributed by atoms with Crippen molar-refractivity contribution < 1.29 is 4.79 Å². The second-order valence-electron chi connectivity index (χ2n) is 5.06. The monoisotopic (exact) mass is 380 g/mol. The summed E-state index contributed by atoms with van der Waals surface area (Å²) in [4.78, 5) is 20.8. The van der Waals surface area contributed by atoms with Crippen LogP contribution in [0.15, 0.2) is 23.2 Å². The molecule has 124 valence electrons. The Kier molecular flexibility index (Phi) is 6.05. The van der Waals surface area contributed by atoms with Crippen LogP contribution in [0.1, 0.15) is 24.0 Å². The highest BCUT2D eigenvalue weighted by atomic mass is 35.5. The Morgan fingerprint density at radius 3 is 2.46 bits per heavy atom. The van der Waals surface area contributed by atoms with E-state index >= 15 is 0 Å². The maximum absolute atomic E-state index is 12.4. The van der Waals surface area contributed by atoms with E-state index < -0.39 is 5.25 Å². The number of aryl methyl sites for hydroxylation is 2. The molecule has 1 heterocycles. The summed E-state index contributed by atoms with van der Waals surface area (Å²) in [5.41, 5.74) is 1.50. The molecule has 0 radical (unpaired) electrons. The van der Waals surface area contributed by atoms with Gasteiger partial charge < -0.3 is 5.32 Å². The molecule has 1 aromatic carbocycles. The van der Waals surface area contributed by atoms with Gasteiger partial charge in [0.2, 0.25) is 5.91 Å². The number of nitriles is 1. The second kappa shape index (κ2) is 7.84. The van der Waals surface area contributed by atoms with Gasteiger partial charge >= 0.3 is 0 Å². The lowest BCUT2D eigenvalue weighted by atomic mass is 10.3. The normalized spacial score (nSPS) is 11.7. The fourth-order valence-corrected chi connectivity index (χ4v) is 3.51. The molecule has 0 spiro atoms. The SMILES string of the molecule is Cc1nc(C)c(C#N)c(SC(C)C(=O)Nc2cc(Cl)cc(Cl)c2)n1. The standard InChI is InChI=1S/C16H14Cl2N4OS/c1-8-14(7-19)16(21-10(3)20-8)24-9(2)15(23)22-13-5-11(17)4-12(18)6-13/h4-6,9H,1-3H3,(H,22,23). The Balaban J connectivity index is 2.16. The summed E-state index contributed by atoms with van der Waals surface area (Å²) in [5.74, 6) is 0.319. The number of rotatable bonds is 4. The minimum absolute atomic E-state index is 0.240. The van der Waals surface area contributed by atoms with Gasteiger partial charge in [0, 0.05) is 15.7 Å². The molecule has 0 aliphatic carbocycles. The topological polar surface area (TPSA) is 78.7 Å². The fraction of sp³-hybridized carbons (Fsp3) is 0.250. The first-order chi connectivity index (χ1) is 11.3. The minimum atomic E-state index is -0.469. The Morgan fingerprint density at radius 2 is 1.88 bits per heavy atom. The number of amides is 1. The number of benzene rings is 1. The number of anilines is 1. The molecular weight excluding hydrogens is 367 g/mol. The lowest BCUT2D eigenvalue weighted by Crippen LogP contribution is -2.22. The van der Waals surface area contributed by atoms with Crippen LogP contribution in [-0.2, 0) is 4.79 Å².